The molecule has 0 aliphatic carbocycles. The molecule has 0 aliphatic rings. The van der Waals surface area contributed by atoms with Crippen LogP contribution in [0.3, 0.4) is 0 Å². The third-order valence-electron chi connectivity index (χ3n) is 2.51. The van der Waals surface area contributed by atoms with Gasteiger partial charge in [0.25, 0.3) is 0 Å². The highest BCUT2D eigenvalue weighted by atomic mass is 32.2. The molecule has 0 saturated heterocycles. The molecule has 7 nitrogen and oxygen atoms in total. The maximum atomic E-state index is 11.6. The lowest BCUT2D eigenvalue weighted by Crippen LogP contribution is -2.35. The normalized spacial score (nSPS) is 12.7. The quantitative estimate of drug-likeness (QED) is 0.649. The molecule has 2 N–H and O–H groups in total. The van der Waals surface area contributed by atoms with Crippen molar-refractivity contribution in [1.29, 1.82) is 0 Å². The van der Waals surface area contributed by atoms with Crippen LogP contribution in [0, 0.1) is 0 Å². The molecule has 0 aromatic carbocycles. The summed E-state index contributed by atoms with van der Waals surface area (Å²) in [5.74, 6) is 0.208. The highest BCUT2D eigenvalue weighted by molar-refractivity contribution is 7.90. The summed E-state index contributed by atoms with van der Waals surface area (Å²) >= 11 is 0. The average molecular weight is 324 g/mol. The Morgan fingerprint density at radius 1 is 1.10 bits per heavy atom. The second kappa shape index (κ2) is 7.77. The fourth-order valence-corrected chi connectivity index (χ4v) is 3.64. The Balaban J connectivity index is 2.32. The van der Waals surface area contributed by atoms with E-state index in [9.17, 15) is 16.8 Å². The summed E-state index contributed by atoms with van der Waals surface area (Å²) in [4.78, 5) is 0. The molecule has 0 saturated carbocycles. The monoisotopic (exact) mass is 324 g/mol. The molecule has 0 bridgehead atoms. The first kappa shape index (κ1) is 17.2. The Kier molecular flexibility index (Phi) is 6.66. The predicted octanol–water partition coefficient (Wildman–Crippen LogP) is 0.419. The molecule has 0 fully saturated rings. The zero-order valence-electron chi connectivity index (χ0n) is 11.3. The van der Waals surface area contributed by atoms with E-state index >= 15 is 0 Å². The third-order valence-corrected chi connectivity index (χ3v) is 5.30. The van der Waals surface area contributed by atoms with Gasteiger partial charge >= 0.3 is 0 Å². The van der Waals surface area contributed by atoms with E-state index in [0.29, 0.717) is 12.2 Å². The molecule has 0 atom stereocenters. The minimum absolute atomic E-state index is 0.0172. The largest absolute Gasteiger partial charge is 0.468 e. The first-order valence-electron chi connectivity index (χ1n) is 6.32. The first-order valence-corrected chi connectivity index (χ1v) is 9.62. The van der Waals surface area contributed by atoms with Gasteiger partial charge in [-0.3, -0.25) is 0 Å². The van der Waals surface area contributed by atoms with E-state index in [1.165, 1.54) is 6.26 Å². The van der Waals surface area contributed by atoms with Crippen LogP contribution in [-0.2, 0) is 26.6 Å². The van der Waals surface area contributed by atoms with E-state index < -0.39 is 20.0 Å². The van der Waals surface area contributed by atoms with Crippen molar-refractivity contribution in [2.45, 2.75) is 26.3 Å². The summed E-state index contributed by atoms with van der Waals surface area (Å²) in [5.41, 5.74) is 0. The topological polar surface area (TPSA) is 105 Å². The van der Waals surface area contributed by atoms with Gasteiger partial charge in [0.1, 0.15) is 5.76 Å². The molecule has 1 aromatic heterocycles. The fraction of sp³-hybridized carbons (Fsp3) is 0.636. The van der Waals surface area contributed by atoms with Gasteiger partial charge in [0.15, 0.2) is 0 Å². The third kappa shape index (κ3) is 7.04. The number of rotatable bonds is 10. The van der Waals surface area contributed by atoms with Gasteiger partial charge in [0.2, 0.25) is 20.0 Å². The van der Waals surface area contributed by atoms with Crippen LogP contribution in [0.2, 0.25) is 0 Å². The maximum Gasteiger partial charge on any atom is 0.213 e. The van der Waals surface area contributed by atoms with Crippen molar-refractivity contribution >= 4 is 20.0 Å². The van der Waals surface area contributed by atoms with Crippen LogP contribution in [0.15, 0.2) is 22.8 Å². The van der Waals surface area contributed by atoms with Crippen LogP contribution < -0.4 is 9.44 Å². The molecule has 0 unspecified atom stereocenters. The van der Waals surface area contributed by atoms with Gasteiger partial charge in [-0.25, -0.2) is 26.3 Å². The number of furan rings is 1. The van der Waals surface area contributed by atoms with Crippen LogP contribution >= 0.6 is 0 Å². The van der Waals surface area contributed by atoms with Gasteiger partial charge in [-0.1, -0.05) is 13.3 Å². The lowest BCUT2D eigenvalue weighted by Gasteiger charge is -2.07. The van der Waals surface area contributed by atoms with Gasteiger partial charge < -0.3 is 4.42 Å². The molecule has 1 aromatic rings. The van der Waals surface area contributed by atoms with E-state index in [0.717, 1.165) is 6.42 Å². The van der Waals surface area contributed by atoms with Crippen LogP contribution in [0.1, 0.15) is 25.5 Å². The number of hydrogen-bond acceptors (Lipinski definition) is 5. The van der Waals surface area contributed by atoms with Crippen molar-refractivity contribution in [1.82, 2.24) is 9.44 Å². The number of hydrogen-bond donors (Lipinski definition) is 2. The SMILES string of the molecule is CCCCS(=O)(=O)NCCS(=O)(=O)NCc1ccco1. The van der Waals surface area contributed by atoms with E-state index in [1.54, 1.807) is 12.1 Å². The van der Waals surface area contributed by atoms with Crippen LogP contribution in [-0.4, -0.2) is 34.9 Å². The van der Waals surface area contributed by atoms with Crippen molar-refractivity contribution in [2.24, 2.45) is 0 Å². The minimum Gasteiger partial charge on any atom is -0.468 e. The van der Waals surface area contributed by atoms with Crippen LogP contribution in [0.25, 0.3) is 0 Å². The highest BCUT2D eigenvalue weighted by Crippen LogP contribution is 2.00. The van der Waals surface area contributed by atoms with Crippen molar-refractivity contribution < 1.29 is 21.3 Å². The zero-order valence-corrected chi connectivity index (χ0v) is 13.0. The van der Waals surface area contributed by atoms with Crippen molar-refractivity contribution in [3.63, 3.8) is 0 Å². The average Bonchev–Trinajstić information content (AvgIpc) is 2.87. The summed E-state index contributed by atoms with van der Waals surface area (Å²) in [6.07, 6.45) is 2.77. The summed E-state index contributed by atoms with van der Waals surface area (Å²) in [5, 5.41) is 0. The fourth-order valence-electron chi connectivity index (χ4n) is 1.40. The molecular weight excluding hydrogens is 304 g/mol. The molecule has 9 heteroatoms. The molecule has 20 heavy (non-hydrogen) atoms. The Labute approximate surface area is 119 Å². The zero-order chi connectivity index (χ0) is 15.1. The molecule has 0 spiro atoms. The minimum atomic E-state index is -3.54. The second-order valence-corrected chi connectivity index (χ2v) is 8.14. The predicted molar refractivity (Wildman–Crippen MR) is 76.0 cm³/mol. The molecule has 0 amide bonds. The second-order valence-electron chi connectivity index (χ2n) is 4.29. The molecule has 1 rings (SSSR count). The van der Waals surface area contributed by atoms with Crippen molar-refractivity contribution in [3.8, 4) is 0 Å². The van der Waals surface area contributed by atoms with E-state index in [1.807, 2.05) is 6.92 Å². The van der Waals surface area contributed by atoms with Crippen molar-refractivity contribution in [3.05, 3.63) is 24.2 Å². The summed E-state index contributed by atoms with van der Waals surface area (Å²) in [7, 11) is -6.92. The van der Waals surface area contributed by atoms with Gasteiger partial charge in [-0.05, 0) is 18.6 Å². The Bertz CT molecular complexity index is 578. The van der Waals surface area contributed by atoms with Gasteiger partial charge in [-0.15, -0.1) is 0 Å². The number of nitrogens with one attached hydrogen (secondary N) is 2. The lowest BCUT2D eigenvalue weighted by atomic mass is 10.4. The van der Waals surface area contributed by atoms with Crippen LogP contribution in [0.5, 0.6) is 0 Å². The summed E-state index contributed by atoms with van der Waals surface area (Å²) in [6, 6.07) is 3.31. The Morgan fingerprint density at radius 3 is 2.40 bits per heavy atom. The molecule has 0 aliphatic heterocycles. The Morgan fingerprint density at radius 2 is 1.80 bits per heavy atom. The molecule has 116 valence electrons. The molecular formula is C11H20N2O5S2. The van der Waals surface area contributed by atoms with Gasteiger partial charge in [0, 0.05) is 6.54 Å². The standard InChI is InChI=1S/C11H20N2O5S2/c1-2-3-8-19(14,15)12-6-9-20(16,17)13-10-11-5-4-7-18-11/h4-5,7,12-13H,2-3,6,8-10H2,1H3. The van der Waals surface area contributed by atoms with Gasteiger partial charge in [0.05, 0.1) is 24.3 Å². The lowest BCUT2D eigenvalue weighted by molar-refractivity contribution is 0.498. The first-order chi connectivity index (χ1) is 9.35. The van der Waals surface area contributed by atoms with Crippen LogP contribution in [0.4, 0.5) is 0 Å². The van der Waals surface area contributed by atoms with E-state index in [-0.39, 0.29) is 24.6 Å². The maximum absolute atomic E-state index is 11.6. The smallest absolute Gasteiger partial charge is 0.213 e. The number of sulfonamides is 2. The molecule has 0 radical (unpaired) electrons. The van der Waals surface area contributed by atoms with Gasteiger partial charge in [-0.2, -0.15) is 0 Å². The summed E-state index contributed by atoms with van der Waals surface area (Å²) in [6.45, 7) is 1.80. The van der Waals surface area contributed by atoms with E-state index in [4.69, 9.17) is 4.42 Å². The Hall–Kier alpha value is -0.900. The highest BCUT2D eigenvalue weighted by Gasteiger charge is 2.14. The number of unbranched alkanes of at least 4 members (excludes halogenated alkanes) is 1. The van der Waals surface area contributed by atoms with E-state index in [2.05, 4.69) is 9.44 Å². The summed E-state index contributed by atoms with van der Waals surface area (Å²) < 4.78 is 55.8. The molecule has 1 heterocycles. The van der Waals surface area contributed by atoms with Crippen molar-refractivity contribution in [2.75, 3.05) is 18.1 Å².